The number of ether oxygens (including phenoxy) is 2. The highest BCUT2D eigenvalue weighted by molar-refractivity contribution is 9.08. The molecule has 0 unspecified atom stereocenters. The number of nitrogens with zero attached hydrogens (tertiary/aromatic N) is 1. The highest BCUT2D eigenvalue weighted by Crippen LogP contribution is 2.32. The molecule has 0 saturated carbocycles. The Labute approximate surface area is 124 Å². The summed E-state index contributed by atoms with van der Waals surface area (Å²) >= 11 is 2.91. The van der Waals surface area contributed by atoms with Crippen LogP contribution in [-0.4, -0.2) is 24.4 Å². The quantitative estimate of drug-likeness (QED) is 0.447. The Balaban J connectivity index is 3.33. The van der Waals surface area contributed by atoms with E-state index in [1.54, 1.807) is 0 Å². The van der Waals surface area contributed by atoms with Crippen LogP contribution in [0.25, 0.3) is 0 Å². The first-order valence-electron chi connectivity index (χ1n) is 5.37. The molecule has 0 bridgehead atoms. The summed E-state index contributed by atoms with van der Waals surface area (Å²) in [7, 11) is 1.03. The number of halogens is 6. The zero-order chi connectivity index (χ0) is 16.2. The van der Waals surface area contributed by atoms with E-state index in [1.807, 2.05) is 0 Å². The first kappa shape index (κ1) is 17.6. The number of hydrogen-bond donors (Lipinski definition) is 0. The second-order valence-corrected chi connectivity index (χ2v) is 4.26. The molecule has 1 heterocycles. The van der Waals surface area contributed by atoms with Gasteiger partial charge in [0.2, 0.25) is 0 Å². The van der Waals surface area contributed by atoms with Crippen molar-refractivity contribution in [3.05, 3.63) is 23.0 Å². The summed E-state index contributed by atoms with van der Waals surface area (Å²) in [5.41, 5.74) is -1.32. The minimum atomic E-state index is -5.10. The number of rotatable bonds is 5. The minimum absolute atomic E-state index is 0.118. The Hall–Kier alpha value is -1.45. The third-order valence-corrected chi connectivity index (χ3v) is 2.83. The third-order valence-electron chi connectivity index (χ3n) is 2.30. The summed E-state index contributed by atoms with van der Waals surface area (Å²) in [6.07, 6.45) is -8.76. The van der Waals surface area contributed by atoms with E-state index in [0.717, 1.165) is 7.11 Å². The summed E-state index contributed by atoms with van der Waals surface area (Å²) in [4.78, 5) is 14.8. The van der Waals surface area contributed by atoms with Crippen LogP contribution in [0.4, 0.5) is 22.0 Å². The molecule has 0 aliphatic carbocycles. The number of hydrogen-bond acceptors (Lipinski definition) is 4. The molecule has 21 heavy (non-hydrogen) atoms. The summed E-state index contributed by atoms with van der Waals surface area (Å²) in [5.74, 6) is -1.83. The van der Waals surface area contributed by atoms with Gasteiger partial charge in [-0.1, -0.05) is 15.9 Å². The van der Waals surface area contributed by atoms with E-state index < -0.39 is 42.2 Å². The molecule has 0 atom stereocenters. The van der Waals surface area contributed by atoms with Gasteiger partial charge < -0.3 is 9.47 Å². The van der Waals surface area contributed by atoms with E-state index in [9.17, 15) is 26.7 Å². The Kier molecular flexibility index (Phi) is 5.87. The zero-order valence-corrected chi connectivity index (χ0v) is 12.1. The maximum atomic E-state index is 12.8. The fourth-order valence-electron chi connectivity index (χ4n) is 1.43. The standard InChI is InChI=1S/C11H9BrF5NO3/c1-20-9(19)3-6-8(21-11(15,16)17)2-5(10(13)14)7(4-12)18-6/h2,10H,3-4H2,1H3. The maximum Gasteiger partial charge on any atom is 0.573 e. The SMILES string of the molecule is COC(=O)Cc1nc(CBr)c(C(F)F)cc1OC(F)(F)F. The zero-order valence-electron chi connectivity index (χ0n) is 10.5. The number of carbonyl (C=O) groups is 1. The average Bonchev–Trinajstić information content (AvgIpc) is 2.38. The van der Waals surface area contributed by atoms with E-state index in [0.29, 0.717) is 6.07 Å². The van der Waals surface area contributed by atoms with Gasteiger partial charge in [0.05, 0.1) is 24.9 Å². The van der Waals surface area contributed by atoms with E-state index in [4.69, 9.17) is 0 Å². The van der Waals surface area contributed by atoms with Crippen molar-refractivity contribution in [3.8, 4) is 5.75 Å². The highest BCUT2D eigenvalue weighted by atomic mass is 79.9. The first-order valence-corrected chi connectivity index (χ1v) is 6.49. The molecule has 0 fully saturated rings. The second-order valence-electron chi connectivity index (χ2n) is 3.70. The molecule has 0 aromatic carbocycles. The first-order chi connectivity index (χ1) is 9.67. The van der Waals surface area contributed by atoms with Crippen LogP contribution >= 0.6 is 15.9 Å². The van der Waals surface area contributed by atoms with E-state index in [1.165, 1.54) is 0 Å². The lowest BCUT2D eigenvalue weighted by Gasteiger charge is -2.15. The molecule has 1 aromatic rings. The van der Waals surface area contributed by atoms with Crippen molar-refractivity contribution in [1.29, 1.82) is 0 Å². The normalized spacial score (nSPS) is 11.6. The lowest BCUT2D eigenvalue weighted by atomic mass is 10.1. The van der Waals surface area contributed by atoms with Crippen LogP contribution in [0.2, 0.25) is 0 Å². The summed E-state index contributed by atoms with van der Waals surface area (Å²) < 4.78 is 70.4. The number of pyridine rings is 1. The van der Waals surface area contributed by atoms with E-state index in [-0.39, 0.29) is 11.0 Å². The lowest BCUT2D eigenvalue weighted by Crippen LogP contribution is -2.20. The molecular formula is C11H9BrF5NO3. The molecule has 0 radical (unpaired) electrons. The van der Waals surface area contributed by atoms with Crippen LogP contribution < -0.4 is 4.74 Å². The van der Waals surface area contributed by atoms with Crippen LogP contribution in [0.15, 0.2) is 6.07 Å². The van der Waals surface area contributed by atoms with Gasteiger partial charge in [0.1, 0.15) is 0 Å². The number of aromatic nitrogens is 1. The molecule has 118 valence electrons. The Morgan fingerprint density at radius 2 is 2.00 bits per heavy atom. The second kappa shape index (κ2) is 7.01. The molecular weight excluding hydrogens is 369 g/mol. The van der Waals surface area contributed by atoms with Crippen molar-refractivity contribution in [2.45, 2.75) is 24.5 Å². The Morgan fingerprint density at radius 3 is 2.43 bits per heavy atom. The van der Waals surface area contributed by atoms with Crippen molar-refractivity contribution in [3.63, 3.8) is 0 Å². The predicted molar refractivity (Wildman–Crippen MR) is 64.2 cm³/mol. The maximum absolute atomic E-state index is 12.8. The van der Waals surface area contributed by atoms with Gasteiger partial charge in [-0.3, -0.25) is 9.78 Å². The van der Waals surface area contributed by atoms with Gasteiger partial charge >= 0.3 is 12.3 Å². The number of alkyl halides is 6. The van der Waals surface area contributed by atoms with Crippen molar-refractivity contribution >= 4 is 21.9 Å². The van der Waals surface area contributed by atoms with Gasteiger partial charge in [-0.25, -0.2) is 8.78 Å². The molecule has 0 N–H and O–H groups in total. The van der Waals surface area contributed by atoms with Gasteiger partial charge in [0.25, 0.3) is 6.43 Å². The van der Waals surface area contributed by atoms with Crippen LogP contribution in [0, 0.1) is 0 Å². The van der Waals surface area contributed by atoms with Crippen molar-refractivity contribution in [2.75, 3.05) is 7.11 Å². The molecule has 0 spiro atoms. The topological polar surface area (TPSA) is 48.4 Å². The monoisotopic (exact) mass is 377 g/mol. The third kappa shape index (κ3) is 5.10. The average molecular weight is 378 g/mol. The van der Waals surface area contributed by atoms with Gasteiger partial charge in [-0.15, -0.1) is 13.2 Å². The molecule has 4 nitrogen and oxygen atoms in total. The van der Waals surface area contributed by atoms with Gasteiger partial charge in [-0.2, -0.15) is 0 Å². The summed E-state index contributed by atoms with van der Waals surface area (Å²) in [6, 6.07) is 0.528. The molecule has 0 aliphatic heterocycles. The Morgan fingerprint density at radius 1 is 1.38 bits per heavy atom. The van der Waals surface area contributed by atoms with E-state index in [2.05, 4.69) is 30.4 Å². The summed E-state index contributed by atoms with van der Waals surface area (Å²) in [5, 5.41) is -0.118. The van der Waals surface area contributed by atoms with Crippen LogP contribution in [-0.2, 0) is 21.3 Å². The molecule has 1 rings (SSSR count). The van der Waals surface area contributed by atoms with Crippen LogP contribution in [0.3, 0.4) is 0 Å². The van der Waals surface area contributed by atoms with Crippen molar-refractivity contribution in [1.82, 2.24) is 4.98 Å². The number of esters is 1. The fraction of sp³-hybridized carbons (Fsp3) is 0.455. The molecule has 0 saturated heterocycles. The molecule has 0 amide bonds. The van der Waals surface area contributed by atoms with Gasteiger partial charge in [0, 0.05) is 10.9 Å². The fourth-order valence-corrected chi connectivity index (χ4v) is 1.88. The van der Waals surface area contributed by atoms with Crippen LogP contribution in [0.1, 0.15) is 23.4 Å². The largest absolute Gasteiger partial charge is 0.573 e. The Bertz CT molecular complexity index is 521. The lowest BCUT2D eigenvalue weighted by molar-refractivity contribution is -0.275. The van der Waals surface area contributed by atoms with Crippen LogP contribution in [0.5, 0.6) is 5.75 Å². The molecule has 10 heteroatoms. The predicted octanol–water partition coefficient (Wildman–Crippen LogP) is 3.53. The highest BCUT2D eigenvalue weighted by Gasteiger charge is 2.34. The summed E-state index contributed by atoms with van der Waals surface area (Å²) in [6.45, 7) is 0. The van der Waals surface area contributed by atoms with Gasteiger partial charge in [0.15, 0.2) is 5.75 Å². The smallest absolute Gasteiger partial charge is 0.469 e. The molecule has 0 aliphatic rings. The van der Waals surface area contributed by atoms with E-state index >= 15 is 0 Å². The molecule has 1 aromatic heterocycles. The van der Waals surface area contributed by atoms with Crippen molar-refractivity contribution < 1.29 is 36.2 Å². The number of methoxy groups -OCH3 is 1. The van der Waals surface area contributed by atoms with Crippen molar-refractivity contribution in [2.24, 2.45) is 0 Å². The minimum Gasteiger partial charge on any atom is -0.469 e. The number of carbonyl (C=O) groups excluding carboxylic acids is 1. The van der Waals surface area contributed by atoms with Gasteiger partial charge in [-0.05, 0) is 6.07 Å².